The molecule has 2 aromatic rings. The van der Waals surface area contributed by atoms with Crippen molar-refractivity contribution in [2.24, 2.45) is 5.16 Å². The van der Waals surface area contributed by atoms with Gasteiger partial charge in [-0.25, -0.2) is 0 Å². The Hall–Kier alpha value is -1.59. The van der Waals surface area contributed by atoms with Crippen molar-refractivity contribution >= 4 is 52.1 Å². The number of ether oxygens (including phenoxy) is 2. The number of hydrogen-bond donors (Lipinski definition) is 0. The Morgan fingerprint density at radius 1 is 1.00 bits per heavy atom. The molecule has 0 aromatic heterocycles. The lowest BCUT2D eigenvalue weighted by Crippen LogP contribution is -2.03. The van der Waals surface area contributed by atoms with E-state index in [2.05, 4.69) is 5.16 Å². The van der Waals surface area contributed by atoms with E-state index in [4.69, 9.17) is 60.7 Å². The van der Waals surface area contributed by atoms with E-state index in [0.717, 1.165) is 29.7 Å². The Morgan fingerprint density at radius 2 is 1.70 bits per heavy atom. The van der Waals surface area contributed by atoms with Gasteiger partial charge in [-0.15, -0.1) is 0 Å². The Bertz CT molecular complexity index is 855. The summed E-state index contributed by atoms with van der Waals surface area (Å²) in [7, 11) is 0. The molecule has 0 saturated heterocycles. The van der Waals surface area contributed by atoms with Crippen LogP contribution in [-0.4, -0.2) is 25.5 Å². The van der Waals surface area contributed by atoms with E-state index in [1.807, 2.05) is 44.2 Å². The fourth-order valence-corrected chi connectivity index (χ4v) is 3.06. The van der Waals surface area contributed by atoms with Gasteiger partial charge in [-0.2, -0.15) is 0 Å². The highest BCUT2D eigenvalue weighted by atomic mass is 35.5. The highest BCUT2D eigenvalue weighted by Crippen LogP contribution is 2.33. The molecule has 0 radical (unpaired) electrons. The van der Waals surface area contributed by atoms with Crippen molar-refractivity contribution in [1.82, 2.24) is 0 Å². The molecule has 0 unspecified atom stereocenters. The second-order valence-electron chi connectivity index (χ2n) is 6.43. The Balaban J connectivity index is 1.71. The van der Waals surface area contributed by atoms with E-state index in [0.29, 0.717) is 34.8 Å². The number of hydrogen-bond acceptors (Lipinski definition) is 4. The van der Waals surface area contributed by atoms with Gasteiger partial charge < -0.3 is 14.3 Å². The van der Waals surface area contributed by atoms with Crippen LogP contribution in [0.15, 0.2) is 52.1 Å². The summed E-state index contributed by atoms with van der Waals surface area (Å²) in [6, 6.07) is 11.0. The smallest absolute Gasteiger partial charge is 0.141 e. The average Bonchev–Trinajstić information content (AvgIpc) is 2.69. The minimum absolute atomic E-state index is 0.160. The van der Waals surface area contributed by atoms with Crippen LogP contribution in [0.5, 0.6) is 11.5 Å². The van der Waals surface area contributed by atoms with Crippen molar-refractivity contribution < 1.29 is 14.3 Å². The number of aryl methyl sites for hydroxylation is 1. The van der Waals surface area contributed by atoms with Crippen LogP contribution in [0, 0.1) is 6.92 Å². The zero-order valence-electron chi connectivity index (χ0n) is 16.8. The van der Waals surface area contributed by atoms with Crippen molar-refractivity contribution in [3.8, 4) is 11.5 Å². The third kappa shape index (κ3) is 8.65. The highest BCUT2D eigenvalue weighted by molar-refractivity contribution is 6.55. The molecule has 0 bridgehead atoms. The van der Waals surface area contributed by atoms with Gasteiger partial charge in [0.25, 0.3) is 0 Å². The van der Waals surface area contributed by atoms with Gasteiger partial charge in [0, 0.05) is 11.1 Å². The molecule has 30 heavy (non-hydrogen) atoms. The fourth-order valence-electron chi connectivity index (χ4n) is 2.50. The molecule has 0 aliphatic rings. The number of nitrogens with zero attached hydrogens (tertiary/aromatic N) is 1. The molecule has 0 aliphatic heterocycles. The number of halogens is 4. The quantitative estimate of drug-likeness (QED) is 0.185. The molecule has 0 amide bonds. The zero-order valence-corrected chi connectivity index (χ0v) is 19.8. The Labute approximate surface area is 197 Å². The van der Waals surface area contributed by atoms with E-state index in [1.54, 1.807) is 12.1 Å². The van der Waals surface area contributed by atoms with E-state index < -0.39 is 0 Å². The van der Waals surface area contributed by atoms with Crippen LogP contribution in [0.25, 0.3) is 0 Å². The predicted octanol–water partition coefficient (Wildman–Crippen LogP) is 7.60. The third-order valence-electron chi connectivity index (χ3n) is 4.03. The van der Waals surface area contributed by atoms with Gasteiger partial charge >= 0.3 is 0 Å². The lowest BCUT2D eigenvalue weighted by atomic mass is 10.1. The molecule has 2 aromatic carbocycles. The first-order valence-electron chi connectivity index (χ1n) is 9.36. The van der Waals surface area contributed by atoms with E-state index in [1.165, 1.54) is 0 Å². The molecule has 8 heteroatoms. The van der Waals surface area contributed by atoms with Crippen LogP contribution in [0.4, 0.5) is 0 Å². The number of benzene rings is 2. The lowest BCUT2D eigenvalue weighted by Gasteiger charge is -2.13. The van der Waals surface area contributed by atoms with Crippen molar-refractivity contribution in [2.75, 3.05) is 19.8 Å². The average molecular weight is 491 g/mol. The summed E-state index contributed by atoms with van der Waals surface area (Å²) < 4.78 is 11.5. The first kappa shape index (κ1) is 24.7. The van der Waals surface area contributed by atoms with Crippen LogP contribution < -0.4 is 9.47 Å². The van der Waals surface area contributed by atoms with Crippen molar-refractivity contribution in [2.45, 2.75) is 26.7 Å². The molecule has 2 rings (SSSR count). The van der Waals surface area contributed by atoms with Crippen molar-refractivity contribution in [3.05, 3.63) is 68.1 Å². The molecule has 0 aliphatic carbocycles. The van der Waals surface area contributed by atoms with Gasteiger partial charge in [-0.1, -0.05) is 63.7 Å². The zero-order chi connectivity index (χ0) is 21.9. The third-order valence-corrected chi connectivity index (χ3v) is 4.87. The van der Waals surface area contributed by atoms with Crippen LogP contribution in [0.1, 0.15) is 30.9 Å². The minimum Gasteiger partial charge on any atom is -0.492 e. The second kappa shape index (κ2) is 13.0. The monoisotopic (exact) mass is 489 g/mol. The maximum absolute atomic E-state index is 6.32. The molecule has 0 fully saturated rings. The number of unbranched alkanes of at least 4 members (excludes halogenated alkanes) is 1. The summed E-state index contributed by atoms with van der Waals surface area (Å²) in [6.45, 7) is 5.10. The van der Waals surface area contributed by atoms with Gasteiger partial charge in [-0.05, 0) is 62.1 Å². The van der Waals surface area contributed by atoms with Crippen LogP contribution in [0.2, 0.25) is 10.0 Å². The van der Waals surface area contributed by atoms with Crippen LogP contribution >= 0.6 is 46.4 Å². The van der Waals surface area contributed by atoms with Gasteiger partial charge in [-0.3, -0.25) is 0 Å². The molecule has 0 spiro atoms. The second-order valence-corrected chi connectivity index (χ2v) is 8.28. The summed E-state index contributed by atoms with van der Waals surface area (Å²) in [4.78, 5) is 5.38. The first-order chi connectivity index (χ1) is 14.4. The van der Waals surface area contributed by atoms with Crippen molar-refractivity contribution in [1.29, 1.82) is 0 Å². The fraction of sp³-hybridized carbons (Fsp3) is 0.318. The standard InChI is InChI=1S/C22H23Cl4NO3/c1-15-13-19(28-12-9-21(25)26)14-20(24)22(15)29-10-3-4-11-30-27-16(2)17-5-7-18(23)8-6-17/h5-9,13-14H,3-4,10-12H2,1-2H3. The predicted molar refractivity (Wildman–Crippen MR) is 126 cm³/mol. The van der Waals surface area contributed by atoms with E-state index in [9.17, 15) is 0 Å². The topological polar surface area (TPSA) is 40.0 Å². The molecule has 162 valence electrons. The molecule has 0 saturated carbocycles. The first-order valence-corrected chi connectivity index (χ1v) is 10.9. The summed E-state index contributed by atoms with van der Waals surface area (Å²) in [5, 5.41) is 5.31. The molecule has 0 atom stereocenters. The molecule has 0 heterocycles. The van der Waals surface area contributed by atoms with Crippen LogP contribution in [0.3, 0.4) is 0 Å². The highest BCUT2D eigenvalue weighted by Gasteiger charge is 2.09. The number of rotatable bonds is 11. The molecule has 4 nitrogen and oxygen atoms in total. The number of oxime groups is 1. The van der Waals surface area contributed by atoms with E-state index in [-0.39, 0.29) is 11.1 Å². The Kier molecular flexibility index (Phi) is 10.7. The largest absolute Gasteiger partial charge is 0.492 e. The maximum Gasteiger partial charge on any atom is 0.141 e. The maximum atomic E-state index is 6.32. The van der Waals surface area contributed by atoms with Gasteiger partial charge in [0.15, 0.2) is 0 Å². The van der Waals surface area contributed by atoms with Gasteiger partial charge in [0.2, 0.25) is 0 Å². The van der Waals surface area contributed by atoms with Gasteiger partial charge in [0.05, 0.1) is 17.3 Å². The normalized spacial score (nSPS) is 11.2. The summed E-state index contributed by atoms with van der Waals surface area (Å²) in [5.41, 5.74) is 2.66. The molecular weight excluding hydrogens is 468 g/mol. The lowest BCUT2D eigenvalue weighted by molar-refractivity contribution is 0.135. The van der Waals surface area contributed by atoms with Gasteiger partial charge in [0.1, 0.15) is 29.2 Å². The summed E-state index contributed by atoms with van der Waals surface area (Å²) >= 11 is 23.3. The van der Waals surface area contributed by atoms with Crippen LogP contribution in [-0.2, 0) is 4.84 Å². The summed E-state index contributed by atoms with van der Waals surface area (Å²) in [6.07, 6.45) is 3.17. The Morgan fingerprint density at radius 3 is 2.37 bits per heavy atom. The molecular formula is C22H23Cl4NO3. The molecule has 0 N–H and O–H groups in total. The minimum atomic E-state index is 0.160. The SMILES string of the molecule is CC(=NOCCCCOc1c(C)cc(OCC=C(Cl)Cl)cc1Cl)c1ccc(Cl)cc1. The summed E-state index contributed by atoms with van der Waals surface area (Å²) in [5.74, 6) is 1.27. The van der Waals surface area contributed by atoms with E-state index >= 15 is 0 Å². The van der Waals surface area contributed by atoms with Crippen molar-refractivity contribution in [3.63, 3.8) is 0 Å².